The number of rotatable bonds is 2. The summed E-state index contributed by atoms with van der Waals surface area (Å²) < 4.78 is 5.10. The molecule has 0 unspecified atom stereocenters. The van der Waals surface area contributed by atoms with Gasteiger partial charge in [0.15, 0.2) is 5.65 Å². The van der Waals surface area contributed by atoms with E-state index in [9.17, 15) is 4.79 Å². The van der Waals surface area contributed by atoms with Crippen molar-refractivity contribution in [1.82, 2.24) is 15.2 Å². The fourth-order valence-corrected chi connectivity index (χ4v) is 1.87. The van der Waals surface area contributed by atoms with Crippen LogP contribution < -0.4 is 5.73 Å². The van der Waals surface area contributed by atoms with E-state index in [4.69, 9.17) is 10.5 Å². The maximum absolute atomic E-state index is 11.5. The Bertz CT molecular complexity index is 701. The minimum Gasteiger partial charge on any atom is -0.501 e. The minimum atomic E-state index is -0.564. The van der Waals surface area contributed by atoms with Crippen molar-refractivity contribution in [1.29, 1.82) is 0 Å². The molecule has 1 aliphatic rings. The number of carbonyl (C=O) groups excluding carboxylic acids is 1. The van der Waals surface area contributed by atoms with E-state index in [1.807, 2.05) is 0 Å². The zero-order valence-electron chi connectivity index (χ0n) is 9.96. The molecule has 0 saturated carbocycles. The van der Waals surface area contributed by atoms with Gasteiger partial charge in [0.2, 0.25) is 0 Å². The molecule has 0 saturated heterocycles. The lowest BCUT2D eigenvalue weighted by atomic mass is 10.1. The minimum absolute atomic E-state index is 0.279. The van der Waals surface area contributed by atoms with E-state index in [1.54, 1.807) is 18.5 Å². The molecule has 3 N–H and O–H groups in total. The number of aromatic nitrogens is 3. The number of nitrogens with zero attached hydrogens (tertiary/aromatic N) is 3. The third-order valence-corrected chi connectivity index (χ3v) is 2.81. The van der Waals surface area contributed by atoms with E-state index in [1.165, 1.54) is 6.20 Å². The molecule has 0 bridgehead atoms. The van der Waals surface area contributed by atoms with Crippen molar-refractivity contribution in [2.24, 2.45) is 10.7 Å². The van der Waals surface area contributed by atoms with Crippen LogP contribution in [-0.2, 0) is 4.74 Å². The van der Waals surface area contributed by atoms with Gasteiger partial charge in [-0.05, 0) is 6.08 Å². The third kappa shape index (κ3) is 2.05. The first-order valence-corrected chi connectivity index (χ1v) is 5.73. The largest absolute Gasteiger partial charge is 0.501 e. The molecule has 0 radical (unpaired) electrons. The second-order valence-corrected chi connectivity index (χ2v) is 4.04. The van der Waals surface area contributed by atoms with E-state index < -0.39 is 5.91 Å². The van der Waals surface area contributed by atoms with Crippen LogP contribution in [0.15, 0.2) is 29.7 Å². The van der Waals surface area contributed by atoms with Crippen molar-refractivity contribution >= 4 is 28.3 Å². The lowest BCUT2D eigenvalue weighted by Gasteiger charge is -2.09. The SMILES string of the molecule is NC(=O)c1cnc2[nH]ncc2c1N=C1C=COCC1. The van der Waals surface area contributed by atoms with Crippen LogP contribution in [0.25, 0.3) is 11.0 Å². The van der Waals surface area contributed by atoms with Gasteiger partial charge in [0.25, 0.3) is 5.91 Å². The number of ether oxygens (including phenoxy) is 1. The van der Waals surface area contributed by atoms with Crippen LogP contribution in [0.4, 0.5) is 5.69 Å². The summed E-state index contributed by atoms with van der Waals surface area (Å²) in [6.07, 6.45) is 7.01. The summed E-state index contributed by atoms with van der Waals surface area (Å²) >= 11 is 0. The van der Waals surface area contributed by atoms with Crippen molar-refractivity contribution in [3.63, 3.8) is 0 Å². The van der Waals surface area contributed by atoms with Gasteiger partial charge in [0.05, 0.1) is 35.7 Å². The standard InChI is InChI=1S/C12H11N5O2/c13-11(18)8-5-14-12-9(6-15-17-12)10(8)16-7-1-3-19-4-2-7/h1,3,5-6H,2,4H2,(H2,13,18)(H,14,15,17). The molecular formula is C12H11N5O2. The molecule has 7 heteroatoms. The van der Waals surface area contributed by atoms with E-state index >= 15 is 0 Å². The molecule has 0 aromatic carbocycles. The Labute approximate surface area is 108 Å². The van der Waals surface area contributed by atoms with E-state index in [0.29, 0.717) is 29.7 Å². The monoisotopic (exact) mass is 257 g/mol. The number of hydrogen-bond acceptors (Lipinski definition) is 5. The molecule has 96 valence electrons. The number of aromatic amines is 1. The second kappa shape index (κ2) is 4.52. The van der Waals surface area contributed by atoms with Crippen molar-refractivity contribution in [2.45, 2.75) is 6.42 Å². The van der Waals surface area contributed by atoms with Crippen LogP contribution in [0.3, 0.4) is 0 Å². The fraction of sp³-hybridized carbons (Fsp3) is 0.167. The summed E-state index contributed by atoms with van der Waals surface area (Å²) in [7, 11) is 0. The van der Waals surface area contributed by atoms with Crippen LogP contribution in [0.1, 0.15) is 16.8 Å². The molecule has 0 fully saturated rings. The average molecular weight is 257 g/mol. The number of hydrogen-bond donors (Lipinski definition) is 2. The number of allylic oxidation sites excluding steroid dienone is 1. The third-order valence-electron chi connectivity index (χ3n) is 2.81. The zero-order chi connectivity index (χ0) is 13.2. The van der Waals surface area contributed by atoms with Crippen LogP contribution in [0, 0.1) is 0 Å². The predicted molar refractivity (Wildman–Crippen MR) is 69.2 cm³/mol. The summed E-state index contributed by atoms with van der Waals surface area (Å²) in [5, 5.41) is 7.31. The molecule has 0 aliphatic carbocycles. The highest BCUT2D eigenvalue weighted by Crippen LogP contribution is 2.28. The zero-order valence-corrected chi connectivity index (χ0v) is 9.96. The topological polar surface area (TPSA) is 106 Å². The Morgan fingerprint density at radius 1 is 1.47 bits per heavy atom. The number of H-pyrrole nitrogens is 1. The smallest absolute Gasteiger partial charge is 0.252 e. The summed E-state index contributed by atoms with van der Waals surface area (Å²) in [5.74, 6) is -0.564. The first-order chi connectivity index (χ1) is 9.25. The summed E-state index contributed by atoms with van der Waals surface area (Å²) in [4.78, 5) is 20.0. The van der Waals surface area contributed by atoms with Crippen molar-refractivity contribution in [2.75, 3.05) is 6.61 Å². The molecule has 7 nitrogen and oxygen atoms in total. The van der Waals surface area contributed by atoms with Gasteiger partial charge < -0.3 is 10.5 Å². The van der Waals surface area contributed by atoms with Gasteiger partial charge in [-0.1, -0.05) is 0 Å². The van der Waals surface area contributed by atoms with Gasteiger partial charge in [-0.25, -0.2) is 4.98 Å². The molecule has 19 heavy (non-hydrogen) atoms. The van der Waals surface area contributed by atoms with Gasteiger partial charge in [0.1, 0.15) is 0 Å². The number of pyridine rings is 1. The van der Waals surface area contributed by atoms with Gasteiger partial charge in [0, 0.05) is 18.3 Å². The number of carbonyl (C=O) groups is 1. The lowest BCUT2D eigenvalue weighted by Crippen LogP contribution is -2.12. The number of fused-ring (bicyclic) bond motifs is 1. The summed E-state index contributed by atoms with van der Waals surface area (Å²) in [6, 6.07) is 0. The maximum Gasteiger partial charge on any atom is 0.252 e. The van der Waals surface area contributed by atoms with Crippen LogP contribution in [0.5, 0.6) is 0 Å². The molecule has 0 atom stereocenters. The number of aliphatic imine (C=N–C) groups is 1. The van der Waals surface area contributed by atoms with Crippen molar-refractivity contribution in [3.8, 4) is 0 Å². The Morgan fingerprint density at radius 2 is 2.37 bits per heavy atom. The lowest BCUT2D eigenvalue weighted by molar-refractivity contribution is 0.100. The number of nitrogens with two attached hydrogens (primary N) is 1. The molecule has 1 amide bonds. The van der Waals surface area contributed by atoms with Gasteiger partial charge in [-0.15, -0.1) is 0 Å². The highest BCUT2D eigenvalue weighted by molar-refractivity contribution is 6.07. The van der Waals surface area contributed by atoms with Crippen LogP contribution in [-0.4, -0.2) is 33.4 Å². The molecule has 2 aromatic rings. The van der Waals surface area contributed by atoms with Crippen molar-refractivity contribution < 1.29 is 9.53 Å². The summed E-state index contributed by atoms with van der Waals surface area (Å²) in [6.45, 7) is 0.570. The Kier molecular flexibility index (Phi) is 2.71. The van der Waals surface area contributed by atoms with Gasteiger partial charge in [-0.3, -0.25) is 14.9 Å². The number of amides is 1. The highest BCUT2D eigenvalue weighted by Gasteiger charge is 2.15. The molecule has 1 aliphatic heterocycles. The predicted octanol–water partition coefficient (Wildman–Crippen LogP) is 1.06. The van der Waals surface area contributed by atoms with Gasteiger partial charge >= 0.3 is 0 Å². The Hall–Kier alpha value is -2.70. The normalized spacial score (nSPS) is 16.7. The van der Waals surface area contributed by atoms with Gasteiger partial charge in [-0.2, -0.15) is 5.10 Å². The van der Waals surface area contributed by atoms with E-state index in [2.05, 4.69) is 20.2 Å². The van der Waals surface area contributed by atoms with Crippen LogP contribution in [0.2, 0.25) is 0 Å². The maximum atomic E-state index is 11.5. The highest BCUT2D eigenvalue weighted by atomic mass is 16.5. The number of nitrogens with one attached hydrogen (secondary N) is 1. The molecular weight excluding hydrogens is 246 g/mol. The fourth-order valence-electron chi connectivity index (χ4n) is 1.87. The quantitative estimate of drug-likeness (QED) is 0.838. The summed E-state index contributed by atoms with van der Waals surface area (Å²) in [5.41, 5.74) is 7.52. The van der Waals surface area contributed by atoms with E-state index in [0.717, 1.165) is 5.71 Å². The first-order valence-electron chi connectivity index (χ1n) is 5.73. The molecule has 2 aromatic heterocycles. The van der Waals surface area contributed by atoms with E-state index in [-0.39, 0.29) is 5.56 Å². The number of primary amides is 1. The Balaban J connectivity index is 2.21. The molecule has 3 rings (SSSR count). The molecule has 3 heterocycles. The second-order valence-electron chi connectivity index (χ2n) is 4.04. The van der Waals surface area contributed by atoms with Crippen LogP contribution >= 0.6 is 0 Å². The molecule has 0 spiro atoms. The van der Waals surface area contributed by atoms with Crippen molar-refractivity contribution in [3.05, 3.63) is 30.3 Å². The Morgan fingerprint density at radius 3 is 3.11 bits per heavy atom. The first kappa shape index (κ1) is 11.4. The average Bonchev–Trinajstić information content (AvgIpc) is 2.88.